The summed E-state index contributed by atoms with van der Waals surface area (Å²) in [6, 6.07) is 5.77. The SMILES string of the molecule is FC(F)(F)C1CCC(Oc2ccc3ccncc3c2I)CC1. The largest absolute Gasteiger partial charge is 0.489 e. The molecule has 0 spiro atoms. The highest BCUT2D eigenvalue weighted by atomic mass is 127. The molecule has 0 unspecified atom stereocenters. The third kappa shape index (κ3) is 3.31. The third-order valence-corrected chi connectivity index (χ3v) is 5.27. The predicted molar refractivity (Wildman–Crippen MR) is 86.9 cm³/mol. The van der Waals surface area contributed by atoms with E-state index in [-0.39, 0.29) is 18.9 Å². The fourth-order valence-electron chi connectivity index (χ4n) is 2.88. The Hall–Kier alpha value is -1.05. The van der Waals surface area contributed by atoms with Crippen molar-refractivity contribution in [3.8, 4) is 5.75 Å². The van der Waals surface area contributed by atoms with Gasteiger partial charge in [0.05, 0.1) is 15.6 Å². The first-order valence-electron chi connectivity index (χ1n) is 7.21. The molecule has 1 heterocycles. The van der Waals surface area contributed by atoms with E-state index in [1.54, 1.807) is 12.4 Å². The summed E-state index contributed by atoms with van der Waals surface area (Å²) in [5.41, 5.74) is 0. The van der Waals surface area contributed by atoms with Crippen molar-refractivity contribution in [1.29, 1.82) is 0 Å². The van der Waals surface area contributed by atoms with Crippen LogP contribution in [-0.4, -0.2) is 17.3 Å². The first-order valence-corrected chi connectivity index (χ1v) is 8.28. The van der Waals surface area contributed by atoms with E-state index in [1.807, 2.05) is 18.2 Å². The van der Waals surface area contributed by atoms with Gasteiger partial charge in [-0.3, -0.25) is 4.98 Å². The average Bonchev–Trinajstić information content (AvgIpc) is 2.50. The summed E-state index contributed by atoms with van der Waals surface area (Å²) in [5, 5.41) is 2.08. The van der Waals surface area contributed by atoms with Gasteiger partial charge in [-0.25, -0.2) is 0 Å². The van der Waals surface area contributed by atoms with Crippen LogP contribution in [0.1, 0.15) is 25.7 Å². The van der Waals surface area contributed by atoms with E-state index in [1.165, 1.54) is 0 Å². The Balaban J connectivity index is 1.71. The van der Waals surface area contributed by atoms with Crippen molar-refractivity contribution >= 4 is 33.4 Å². The molecule has 1 aliphatic carbocycles. The Morgan fingerprint density at radius 1 is 1.09 bits per heavy atom. The minimum absolute atomic E-state index is 0.138. The summed E-state index contributed by atoms with van der Waals surface area (Å²) in [4.78, 5) is 4.11. The monoisotopic (exact) mass is 421 g/mol. The molecule has 3 rings (SSSR count). The van der Waals surface area contributed by atoms with E-state index >= 15 is 0 Å². The Morgan fingerprint density at radius 3 is 2.50 bits per heavy atom. The summed E-state index contributed by atoms with van der Waals surface area (Å²) >= 11 is 2.21. The second-order valence-corrected chi connectivity index (χ2v) is 6.69. The number of hydrogen-bond acceptors (Lipinski definition) is 2. The van der Waals surface area contributed by atoms with Crippen LogP contribution in [0.2, 0.25) is 0 Å². The molecule has 0 N–H and O–H groups in total. The molecule has 2 nitrogen and oxygen atoms in total. The van der Waals surface area contributed by atoms with Crippen LogP contribution >= 0.6 is 22.6 Å². The number of hydrogen-bond donors (Lipinski definition) is 0. The van der Waals surface area contributed by atoms with Crippen LogP contribution < -0.4 is 4.74 Å². The van der Waals surface area contributed by atoms with Gasteiger partial charge in [0.15, 0.2) is 0 Å². The number of alkyl halides is 3. The number of aromatic nitrogens is 1. The zero-order chi connectivity index (χ0) is 15.7. The maximum atomic E-state index is 12.7. The molecule has 6 heteroatoms. The van der Waals surface area contributed by atoms with Crippen molar-refractivity contribution in [2.24, 2.45) is 5.92 Å². The maximum absolute atomic E-state index is 12.7. The van der Waals surface area contributed by atoms with Crippen molar-refractivity contribution < 1.29 is 17.9 Å². The Labute approximate surface area is 140 Å². The van der Waals surface area contributed by atoms with Crippen molar-refractivity contribution in [2.45, 2.75) is 38.0 Å². The highest BCUT2D eigenvalue weighted by molar-refractivity contribution is 14.1. The number of nitrogens with zero attached hydrogens (tertiary/aromatic N) is 1. The zero-order valence-corrected chi connectivity index (χ0v) is 13.9. The van der Waals surface area contributed by atoms with Gasteiger partial charge in [0.2, 0.25) is 0 Å². The van der Waals surface area contributed by atoms with E-state index in [9.17, 15) is 13.2 Å². The summed E-state index contributed by atoms with van der Waals surface area (Å²) in [7, 11) is 0. The summed E-state index contributed by atoms with van der Waals surface area (Å²) < 4.78 is 45.0. The van der Waals surface area contributed by atoms with Gasteiger partial charge >= 0.3 is 6.18 Å². The van der Waals surface area contributed by atoms with Crippen LogP contribution in [-0.2, 0) is 0 Å². The molecule has 0 aliphatic heterocycles. The Bertz CT molecular complexity index is 666. The minimum atomic E-state index is -4.08. The Morgan fingerprint density at radius 2 is 1.82 bits per heavy atom. The molecule has 0 radical (unpaired) electrons. The molecule has 1 aliphatic rings. The number of ether oxygens (including phenoxy) is 1. The van der Waals surface area contributed by atoms with Gasteiger partial charge in [-0.05, 0) is 65.8 Å². The summed E-state index contributed by atoms with van der Waals surface area (Å²) in [6.45, 7) is 0. The van der Waals surface area contributed by atoms with Gasteiger partial charge in [0.25, 0.3) is 0 Å². The maximum Gasteiger partial charge on any atom is 0.391 e. The normalized spacial score (nSPS) is 22.7. The highest BCUT2D eigenvalue weighted by Crippen LogP contribution is 2.39. The first-order chi connectivity index (χ1) is 10.4. The molecule has 1 saturated carbocycles. The third-order valence-electron chi connectivity index (χ3n) is 4.15. The molecule has 0 bridgehead atoms. The lowest BCUT2D eigenvalue weighted by molar-refractivity contribution is -0.185. The van der Waals surface area contributed by atoms with Gasteiger partial charge in [0.1, 0.15) is 5.75 Å². The molecule has 1 aromatic heterocycles. The first kappa shape index (κ1) is 15.8. The second kappa shape index (κ2) is 6.22. The van der Waals surface area contributed by atoms with E-state index in [0.717, 1.165) is 20.1 Å². The van der Waals surface area contributed by atoms with E-state index in [4.69, 9.17) is 4.74 Å². The topological polar surface area (TPSA) is 22.1 Å². The molecule has 0 atom stereocenters. The molecule has 0 saturated heterocycles. The minimum Gasteiger partial charge on any atom is -0.489 e. The van der Waals surface area contributed by atoms with E-state index < -0.39 is 12.1 Å². The fraction of sp³-hybridized carbons (Fsp3) is 0.438. The molecular formula is C16H15F3INO. The molecule has 1 fully saturated rings. The molecule has 2 aromatic rings. The van der Waals surface area contributed by atoms with Crippen molar-refractivity contribution in [2.75, 3.05) is 0 Å². The lowest BCUT2D eigenvalue weighted by atomic mass is 9.87. The second-order valence-electron chi connectivity index (χ2n) is 5.61. The van der Waals surface area contributed by atoms with Gasteiger partial charge in [-0.1, -0.05) is 6.07 Å². The van der Waals surface area contributed by atoms with Crippen LogP contribution in [0.15, 0.2) is 30.6 Å². The van der Waals surface area contributed by atoms with E-state index in [0.29, 0.717) is 12.8 Å². The van der Waals surface area contributed by atoms with Crippen molar-refractivity contribution in [3.05, 3.63) is 34.2 Å². The average molecular weight is 421 g/mol. The van der Waals surface area contributed by atoms with E-state index in [2.05, 4.69) is 27.6 Å². The number of pyridine rings is 1. The summed E-state index contributed by atoms with van der Waals surface area (Å²) in [6.07, 6.45) is 0.507. The molecule has 22 heavy (non-hydrogen) atoms. The van der Waals surface area contributed by atoms with Crippen LogP contribution in [0.5, 0.6) is 5.75 Å². The summed E-state index contributed by atoms with van der Waals surface area (Å²) in [5.74, 6) is -0.441. The van der Waals surface area contributed by atoms with Crippen LogP contribution in [0.4, 0.5) is 13.2 Å². The van der Waals surface area contributed by atoms with Crippen LogP contribution in [0.3, 0.4) is 0 Å². The van der Waals surface area contributed by atoms with Gasteiger partial charge in [-0.2, -0.15) is 13.2 Å². The number of rotatable bonds is 2. The lowest BCUT2D eigenvalue weighted by Gasteiger charge is -2.30. The highest BCUT2D eigenvalue weighted by Gasteiger charge is 2.41. The number of halogens is 4. The van der Waals surface area contributed by atoms with Gasteiger partial charge in [0, 0.05) is 17.8 Å². The standard InChI is InChI=1S/C16H15F3INO/c17-16(18,19)11-2-4-12(5-3-11)22-14-6-1-10-7-8-21-9-13(10)15(14)20/h1,6-9,11-12H,2-5H2. The van der Waals surface area contributed by atoms with Crippen molar-refractivity contribution in [3.63, 3.8) is 0 Å². The number of fused-ring (bicyclic) bond motifs is 1. The molecule has 1 aromatic carbocycles. The predicted octanol–water partition coefficient (Wildman–Crippen LogP) is 5.34. The number of benzene rings is 1. The zero-order valence-electron chi connectivity index (χ0n) is 11.7. The molecule has 0 amide bonds. The smallest absolute Gasteiger partial charge is 0.391 e. The Kier molecular flexibility index (Phi) is 4.47. The molecular weight excluding hydrogens is 406 g/mol. The lowest BCUT2D eigenvalue weighted by Crippen LogP contribution is -2.32. The van der Waals surface area contributed by atoms with Crippen molar-refractivity contribution in [1.82, 2.24) is 4.98 Å². The molecule has 118 valence electrons. The van der Waals surface area contributed by atoms with Crippen LogP contribution in [0, 0.1) is 9.49 Å². The van der Waals surface area contributed by atoms with Gasteiger partial charge in [-0.15, -0.1) is 0 Å². The fourth-order valence-corrected chi connectivity index (χ4v) is 3.64. The van der Waals surface area contributed by atoms with Gasteiger partial charge < -0.3 is 4.74 Å². The quantitative estimate of drug-likeness (QED) is 0.611. The van der Waals surface area contributed by atoms with Crippen LogP contribution in [0.25, 0.3) is 10.8 Å².